The molecular weight excluding hydrogens is 373 g/mol. The lowest BCUT2D eigenvalue weighted by Gasteiger charge is -2.14. The molecule has 0 fully saturated rings. The van der Waals surface area contributed by atoms with Crippen molar-refractivity contribution in [2.24, 2.45) is 0 Å². The van der Waals surface area contributed by atoms with Crippen LogP contribution in [0.4, 0.5) is 5.69 Å². The monoisotopic (exact) mass is 389 g/mol. The van der Waals surface area contributed by atoms with Crippen LogP contribution in [0, 0.1) is 0 Å². The first-order chi connectivity index (χ1) is 11.4. The third kappa shape index (κ3) is 4.47. The van der Waals surface area contributed by atoms with E-state index in [0.29, 0.717) is 29.7 Å². The lowest BCUT2D eigenvalue weighted by molar-refractivity contribution is 0.287. The number of hydrogen-bond donors (Lipinski definition) is 1. The van der Waals surface area contributed by atoms with Crippen molar-refractivity contribution in [3.8, 4) is 11.5 Å². The van der Waals surface area contributed by atoms with E-state index in [1.165, 1.54) is 24.3 Å². The first-order valence-electron chi connectivity index (χ1n) is 7.25. The zero-order valence-electron chi connectivity index (χ0n) is 13.2. The first-order valence-corrected chi connectivity index (χ1v) is 9.48. The number of benzene rings is 2. The molecule has 0 saturated heterocycles. The van der Waals surface area contributed by atoms with Crippen molar-refractivity contribution >= 4 is 38.9 Å². The average molecular weight is 390 g/mol. The van der Waals surface area contributed by atoms with Crippen LogP contribution in [0.3, 0.4) is 0 Å². The Balaban J connectivity index is 2.38. The predicted molar refractivity (Wildman–Crippen MR) is 96.1 cm³/mol. The van der Waals surface area contributed by atoms with E-state index in [2.05, 4.69) is 4.72 Å². The number of hydrogen-bond acceptors (Lipinski definition) is 4. The third-order valence-corrected chi connectivity index (χ3v) is 4.93. The van der Waals surface area contributed by atoms with Crippen molar-refractivity contribution in [1.82, 2.24) is 0 Å². The zero-order valence-corrected chi connectivity index (χ0v) is 15.5. The molecule has 0 atom stereocenters. The molecule has 0 bridgehead atoms. The molecule has 8 heteroatoms. The highest BCUT2D eigenvalue weighted by molar-refractivity contribution is 7.92. The third-order valence-electron chi connectivity index (χ3n) is 3.00. The van der Waals surface area contributed by atoms with E-state index in [0.717, 1.165) is 0 Å². The fourth-order valence-corrected chi connectivity index (χ4v) is 3.46. The van der Waals surface area contributed by atoms with Gasteiger partial charge in [0.05, 0.1) is 28.8 Å². The molecule has 0 heterocycles. The number of sulfonamides is 1. The second kappa shape index (κ2) is 7.96. The molecule has 0 saturated carbocycles. The lowest BCUT2D eigenvalue weighted by Crippen LogP contribution is -2.13. The molecule has 2 aromatic carbocycles. The van der Waals surface area contributed by atoms with Gasteiger partial charge in [-0.2, -0.15) is 0 Å². The fraction of sp³-hybridized carbons (Fsp3) is 0.250. The molecule has 5 nitrogen and oxygen atoms in total. The molecule has 0 aliphatic heterocycles. The Kier molecular flexibility index (Phi) is 6.21. The molecule has 0 aliphatic rings. The Morgan fingerprint density at radius 1 is 0.958 bits per heavy atom. The van der Waals surface area contributed by atoms with Crippen molar-refractivity contribution in [2.45, 2.75) is 18.7 Å². The van der Waals surface area contributed by atoms with E-state index >= 15 is 0 Å². The molecule has 24 heavy (non-hydrogen) atoms. The second-order valence-electron chi connectivity index (χ2n) is 4.70. The highest BCUT2D eigenvalue weighted by Crippen LogP contribution is 2.32. The van der Waals surface area contributed by atoms with Gasteiger partial charge in [0.2, 0.25) is 0 Å². The van der Waals surface area contributed by atoms with Crippen LogP contribution in [-0.4, -0.2) is 21.6 Å². The lowest BCUT2D eigenvalue weighted by atomic mass is 10.3. The van der Waals surface area contributed by atoms with Gasteiger partial charge in [-0.15, -0.1) is 0 Å². The van der Waals surface area contributed by atoms with Crippen molar-refractivity contribution in [3.05, 3.63) is 46.4 Å². The molecule has 0 spiro atoms. The van der Waals surface area contributed by atoms with E-state index in [4.69, 9.17) is 32.7 Å². The number of nitrogens with one attached hydrogen (secondary N) is 1. The summed E-state index contributed by atoms with van der Waals surface area (Å²) in [4.78, 5) is 0.0328. The zero-order chi connectivity index (χ0) is 17.7. The van der Waals surface area contributed by atoms with Gasteiger partial charge in [-0.1, -0.05) is 23.2 Å². The van der Waals surface area contributed by atoms with E-state index in [1.54, 1.807) is 19.1 Å². The van der Waals surface area contributed by atoms with Crippen molar-refractivity contribution in [3.63, 3.8) is 0 Å². The Morgan fingerprint density at radius 3 is 2.29 bits per heavy atom. The summed E-state index contributed by atoms with van der Waals surface area (Å²) in [6.45, 7) is 4.48. The second-order valence-corrected chi connectivity index (χ2v) is 7.23. The molecule has 0 radical (unpaired) electrons. The Morgan fingerprint density at radius 2 is 1.62 bits per heavy atom. The first kappa shape index (κ1) is 18.7. The van der Waals surface area contributed by atoms with E-state index in [1.807, 2.05) is 6.92 Å². The summed E-state index contributed by atoms with van der Waals surface area (Å²) in [5.41, 5.74) is 0.205. The van der Waals surface area contributed by atoms with Gasteiger partial charge >= 0.3 is 0 Å². The highest BCUT2D eigenvalue weighted by Gasteiger charge is 2.19. The number of rotatable bonds is 7. The predicted octanol–water partition coefficient (Wildman–Crippen LogP) is 4.59. The molecule has 2 aromatic rings. The molecular formula is C16H17Cl2NO4S. The highest BCUT2D eigenvalue weighted by atomic mass is 35.5. The molecule has 0 aromatic heterocycles. The number of anilines is 1. The van der Waals surface area contributed by atoms with Crippen LogP contribution in [0.5, 0.6) is 11.5 Å². The van der Waals surface area contributed by atoms with Crippen molar-refractivity contribution in [2.75, 3.05) is 17.9 Å². The van der Waals surface area contributed by atoms with Gasteiger partial charge in [0.1, 0.15) is 0 Å². The van der Waals surface area contributed by atoms with Crippen LogP contribution in [-0.2, 0) is 10.0 Å². The smallest absolute Gasteiger partial charge is 0.262 e. The molecule has 130 valence electrons. The molecule has 1 N–H and O–H groups in total. The summed E-state index contributed by atoms with van der Waals surface area (Å²) >= 11 is 11.9. The van der Waals surface area contributed by atoms with Gasteiger partial charge in [-0.25, -0.2) is 8.42 Å². The van der Waals surface area contributed by atoms with Crippen LogP contribution in [0.15, 0.2) is 41.3 Å². The minimum absolute atomic E-state index is 0.0328. The summed E-state index contributed by atoms with van der Waals surface area (Å²) in [7, 11) is -3.85. The SMILES string of the molecule is CCOc1ccc(S(=O)(=O)Nc2cc(Cl)ccc2Cl)cc1OCC. The maximum absolute atomic E-state index is 12.6. The topological polar surface area (TPSA) is 64.6 Å². The van der Waals surface area contributed by atoms with Gasteiger partial charge in [-0.3, -0.25) is 4.72 Å². The molecule has 0 amide bonds. The Labute approximate surface area is 151 Å². The summed E-state index contributed by atoms with van der Waals surface area (Å²) in [5.74, 6) is 0.846. The number of ether oxygens (including phenoxy) is 2. The minimum Gasteiger partial charge on any atom is -0.490 e. The van der Waals surface area contributed by atoms with Crippen molar-refractivity contribution < 1.29 is 17.9 Å². The average Bonchev–Trinajstić information content (AvgIpc) is 2.53. The summed E-state index contributed by atoms with van der Waals surface area (Å²) in [5, 5.41) is 0.623. The Bertz CT molecular complexity index is 825. The van der Waals surface area contributed by atoms with Gasteiger partial charge < -0.3 is 9.47 Å². The standard InChI is InChI=1S/C16H17Cl2NO4S/c1-3-22-15-8-6-12(10-16(15)23-4-2)24(20,21)19-14-9-11(17)5-7-13(14)18/h5-10,19H,3-4H2,1-2H3. The van der Waals surface area contributed by atoms with E-state index in [-0.39, 0.29) is 15.6 Å². The van der Waals surface area contributed by atoms with Crippen LogP contribution in [0.25, 0.3) is 0 Å². The maximum Gasteiger partial charge on any atom is 0.262 e. The normalized spacial score (nSPS) is 11.2. The largest absolute Gasteiger partial charge is 0.490 e. The molecule has 2 rings (SSSR count). The summed E-state index contributed by atoms with van der Waals surface area (Å²) < 4.78 is 38.5. The molecule has 0 aliphatic carbocycles. The van der Waals surface area contributed by atoms with Gasteiger partial charge in [0.25, 0.3) is 10.0 Å². The van der Waals surface area contributed by atoms with E-state index < -0.39 is 10.0 Å². The fourth-order valence-electron chi connectivity index (χ4n) is 1.98. The van der Waals surface area contributed by atoms with Crippen LogP contribution in [0.2, 0.25) is 10.0 Å². The van der Waals surface area contributed by atoms with Crippen LogP contribution in [0.1, 0.15) is 13.8 Å². The molecule has 0 unspecified atom stereocenters. The van der Waals surface area contributed by atoms with Crippen LogP contribution >= 0.6 is 23.2 Å². The maximum atomic E-state index is 12.6. The van der Waals surface area contributed by atoms with Gasteiger partial charge in [0.15, 0.2) is 11.5 Å². The van der Waals surface area contributed by atoms with E-state index in [9.17, 15) is 8.42 Å². The number of halogens is 2. The summed E-state index contributed by atoms with van der Waals surface area (Å²) in [6.07, 6.45) is 0. The Hall–Kier alpha value is -1.63. The minimum atomic E-state index is -3.85. The van der Waals surface area contributed by atoms with Crippen molar-refractivity contribution in [1.29, 1.82) is 0 Å². The van der Waals surface area contributed by atoms with Gasteiger partial charge in [-0.05, 0) is 44.2 Å². The van der Waals surface area contributed by atoms with Crippen LogP contribution < -0.4 is 14.2 Å². The quantitative estimate of drug-likeness (QED) is 0.751. The van der Waals surface area contributed by atoms with Gasteiger partial charge in [0, 0.05) is 11.1 Å². The summed E-state index contributed by atoms with van der Waals surface area (Å²) in [6, 6.07) is 8.95.